The highest BCUT2D eigenvalue weighted by Crippen LogP contribution is 2.54. The van der Waals surface area contributed by atoms with Crippen molar-refractivity contribution in [2.75, 3.05) is 19.0 Å². The van der Waals surface area contributed by atoms with Crippen molar-refractivity contribution in [2.45, 2.75) is 44.2 Å². The minimum absolute atomic E-state index is 0.0105. The molecule has 1 N–H and O–H groups in total. The summed E-state index contributed by atoms with van der Waals surface area (Å²) in [4.78, 5) is 13.0. The third-order valence-corrected chi connectivity index (χ3v) is 7.85. The van der Waals surface area contributed by atoms with Gasteiger partial charge in [0.05, 0.1) is 31.7 Å². The minimum atomic E-state index is -0.974. The molecule has 0 saturated heterocycles. The van der Waals surface area contributed by atoms with Gasteiger partial charge < -0.3 is 9.47 Å². The van der Waals surface area contributed by atoms with E-state index in [0.29, 0.717) is 58.1 Å². The van der Waals surface area contributed by atoms with Gasteiger partial charge in [-0.3, -0.25) is 10.1 Å². The molecule has 0 atom stereocenters. The molecule has 6 rings (SSSR count). The van der Waals surface area contributed by atoms with E-state index in [9.17, 15) is 9.18 Å². The van der Waals surface area contributed by atoms with Gasteiger partial charge in [-0.05, 0) is 68.1 Å². The third-order valence-electron chi connectivity index (χ3n) is 6.87. The van der Waals surface area contributed by atoms with E-state index >= 15 is 0 Å². The Kier molecular flexibility index (Phi) is 6.11. The summed E-state index contributed by atoms with van der Waals surface area (Å²) in [6.07, 6.45) is 7.16. The standard InChI is InChI=1S/C23H23ClFN5O3S/c1-32-18-3-2-14(24)10-15(18)16-11-26-27-12-17(16)19(31)28-20-29-30-21(34-20)33-13-22-4-7-23(25,8-5-22)9-6-22/h2-3,10-12H,4-9,13H2,1H3,(H,28,29,31). The first-order valence-corrected chi connectivity index (χ1v) is 12.2. The van der Waals surface area contributed by atoms with Gasteiger partial charge in [-0.1, -0.05) is 16.7 Å². The molecule has 178 valence electrons. The summed E-state index contributed by atoms with van der Waals surface area (Å²) < 4.78 is 25.8. The summed E-state index contributed by atoms with van der Waals surface area (Å²) in [5, 5.41) is 19.8. The number of nitrogens with one attached hydrogen (secondary N) is 1. The molecule has 8 nitrogen and oxygen atoms in total. The predicted molar refractivity (Wildman–Crippen MR) is 126 cm³/mol. The van der Waals surface area contributed by atoms with Crippen LogP contribution in [-0.2, 0) is 0 Å². The lowest BCUT2D eigenvalue weighted by molar-refractivity contribution is -0.0547. The van der Waals surface area contributed by atoms with Gasteiger partial charge in [-0.25, -0.2) is 4.39 Å². The quantitative estimate of drug-likeness (QED) is 0.464. The van der Waals surface area contributed by atoms with E-state index in [1.807, 2.05) is 0 Å². The normalized spacial score (nSPS) is 23.5. The summed E-state index contributed by atoms with van der Waals surface area (Å²) >= 11 is 7.31. The Morgan fingerprint density at radius 3 is 2.59 bits per heavy atom. The number of benzene rings is 1. The van der Waals surface area contributed by atoms with Gasteiger partial charge in [0.2, 0.25) is 5.13 Å². The lowest BCUT2D eigenvalue weighted by Crippen LogP contribution is -2.46. The lowest BCUT2D eigenvalue weighted by atomic mass is 9.60. The van der Waals surface area contributed by atoms with Crippen LogP contribution in [0.2, 0.25) is 5.02 Å². The molecular weight excluding hydrogens is 481 g/mol. The number of carbonyl (C=O) groups is 1. The van der Waals surface area contributed by atoms with Crippen LogP contribution < -0.4 is 14.8 Å². The van der Waals surface area contributed by atoms with Gasteiger partial charge in [-0.15, -0.1) is 5.10 Å². The van der Waals surface area contributed by atoms with Crippen LogP contribution >= 0.6 is 22.9 Å². The highest BCUT2D eigenvalue weighted by Gasteiger charge is 2.49. The van der Waals surface area contributed by atoms with E-state index in [1.165, 1.54) is 19.5 Å². The molecule has 3 aliphatic carbocycles. The number of fused-ring (bicyclic) bond motifs is 3. The average Bonchev–Trinajstić information content (AvgIpc) is 3.31. The molecule has 3 aliphatic rings. The van der Waals surface area contributed by atoms with Crippen molar-refractivity contribution >= 4 is 34.0 Å². The van der Waals surface area contributed by atoms with Gasteiger partial charge in [0.1, 0.15) is 11.4 Å². The number of hydrogen-bond acceptors (Lipinski definition) is 8. The van der Waals surface area contributed by atoms with Crippen LogP contribution in [0.4, 0.5) is 9.52 Å². The Labute approximate surface area is 204 Å². The summed E-state index contributed by atoms with van der Waals surface area (Å²) in [5.41, 5.74) is 0.457. The SMILES string of the molecule is COc1ccc(Cl)cc1-c1cnncc1C(=O)Nc1nnc(OCC23CCC(F)(CC2)CC3)s1. The molecule has 1 aromatic carbocycles. The van der Waals surface area contributed by atoms with E-state index in [1.54, 1.807) is 18.2 Å². The second-order valence-corrected chi connectivity index (χ2v) is 10.3. The van der Waals surface area contributed by atoms with Gasteiger partial charge in [0.15, 0.2) is 0 Å². The number of anilines is 1. The molecular formula is C23H23ClFN5O3S. The molecule has 3 saturated carbocycles. The number of carbonyl (C=O) groups excluding carboxylic acids is 1. The number of halogens is 2. The third kappa shape index (κ3) is 4.56. The number of methoxy groups -OCH3 is 1. The Bertz CT molecular complexity index is 1200. The second kappa shape index (κ2) is 9.07. The van der Waals surface area contributed by atoms with Gasteiger partial charge in [0.25, 0.3) is 11.1 Å². The zero-order chi connectivity index (χ0) is 23.8. The number of amides is 1. The first-order valence-electron chi connectivity index (χ1n) is 11.0. The van der Waals surface area contributed by atoms with Crippen LogP contribution in [0.1, 0.15) is 48.9 Å². The maximum absolute atomic E-state index is 14.4. The van der Waals surface area contributed by atoms with Crippen molar-refractivity contribution in [3.8, 4) is 22.1 Å². The van der Waals surface area contributed by atoms with Gasteiger partial charge in [0, 0.05) is 21.6 Å². The van der Waals surface area contributed by atoms with Crippen molar-refractivity contribution in [1.29, 1.82) is 0 Å². The molecule has 0 aliphatic heterocycles. The van der Waals surface area contributed by atoms with Gasteiger partial charge >= 0.3 is 0 Å². The Morgan fingerprint density at radius 2 is 1.85 bits per heavy atom. The van der Waals surface area contributed by atoms with E-state index < -0.39 is 11.6 Å². The monoisotopic (exact) mass is 503 g/mol. The highest BCUT2D eigenvalue weighted by molar-refractivity contribution is 7.17. The molecule has 0 spiro atoms. The van der Waals surface area contributed by atoms with Crippen molar-refractivity contribution in [3.63, 3.8) is 0 Å². The first-order chi connectivity index (χ1) is 16.4. The van der Waals surface area contributed by atoms with E-state index in [2.05, 4.69) is 25.7 Å². The number of rotatable bonds is 7. The van der Waals surface area contributed by atoms with E-state index in [4.69, 9.17) is 21.1 Å². The Hall–Kier alpha value is -2.85. The van der Waals surface area contributed by atoms with Crippen LogP contribution in [0, 0.1) is 5.41 Å². The van der Waals surface area contributed by atoms with Crippen molar-refractivity contribution < 1.29 is 18.7 Å². The van der Waals surface area contributed by atoms with Gasteiger partial charge in [-0.2, -0.15) is 10.2 Å². The Balaban J connectivity index is 1.28. The van der Waals surface area contributed by atoms with Crippen LogP contribution in [0.5, 0.6) is 10.9 Å². The lowest BCUT2D eigenvalue weighted by Gasteiger charge is -2.49. The summed E-state index contributed by atoms with van der Waals surface area (Å²) in [6, 6.07) is 5.13. The molecule has 2 bridgehead atoms. The van der Waals surface area contributed by atoms with Crippen LogP contribution in [0.15, 0.2) is 30.6 Å². The number of aromatic nitrogens is 4. The summed E-state index contributed by atoms with van der Waals surface area (Å²) in [6.45, 7) is 0.485. The molecule has 2 aromatic heterocycles. The zero-order valence-corrected chi connectivity index (χ0v) is 20.1. The highest BCUT2D eigenvalue weighted by atomic mass is 35.5. The number of nitrogens with zero attached hydrogens (tertiary/aromatic N) is 4. The predicted octanol–water partition coefficient (Wildman–Crippen LogP) is 5.35. The minimum Gasteiger partial charge on any atom is -0.496 e. The molecule has 0 unspecified atom stereocenters. The fourth-order valence-corrected chi connectivity index (χ4v) is 5.50. The fraction of sp³-hybridized carbons (Fsp3) is 0.435. The Morgan fingerprint density at radius 1 is 1.12 bits per heavy atom. The largest absolute Gasteiger partial charge is 0.496 e. The van der Waals surface area contributed by atoms with E-state index in [-0.39, 0.29) is 11.0 Å². The number of hydrogen-bond donors (Lipinski definition) is 1. The average molecular weight is 504 g/mol. The zero-order valence-electron chi connectivity index (χ0n) is 18.5. The molecule has 34 heavy (non-hydrogen) atoms. The molecule has 3 fully saturated rings. The second-order valence-electron chi connectivity index (χ2n) is 8.93. The van der Waals surface area contributed by atoms with Crippen LogP contribution in [0.25, 0.3) is 11.1 Å². The topological polar surface area (TPSA) is 99.1 Å². The summed E-state index contributed by atoms with van der Waals surface area (Å²) in [5.74, 6) is 0.125. The van der Waals surface area contributed by atoms with Crippen molar-refractivity contribution in [2.24, 2.45) is 5.41 Å². The number of alkyl halides is 1. The maximum Gasteiger partial charge on any atom is 0.295 e. The molecule has 1 amide bonds. The maximum atomic E-state index is 14.4. The van der Waals surface area contributed by atoms with Crippen molar-refractivity contribution in [3.05, 3.63) is 41.2 Å². The molecule has 11 heteroatoms. The number of ether oxygens (including phenoxy) is 2. The fourth-order valence-electron chi connectivity index (χ4n) is 4.74. The molecule has 2 heterocycles. The van der Waals surface area contributed by atoms with E-state index in [0.717, 1.165) is 30.6 Å². The smallest absolute Gasteiger partial charge is 0.295 e. The molecule has 0 radical (unpaired) electrons. The van der Waals surface area contributed by atoms with Crippen LogP contribution in [0.3, 0.4) is 0 Å². The first kappa shape index (κ1) is 22.9. The molecule has 3 aromatic rings. The van der Waals surface area contributed by atoms with Crippen molar-refractivity contribution in [1.82, 2.24) is 20.4 Å². The summed E-state index contributed by atoms with van der Waals surface area (Å²) in [7, 11) is 1.54. The van der Waals surface area contributed by atoms with Crippen LogP contribution in [-0.4, -0.2) is 45.7 Å².